The normalized spacial score (nSPS) is 32.2. The van der Waals surface area contributed by atoms with Gasteiger partial charge in [-0.1, -0.05) is 13.8 Å². The molecule has 2 atom stereocenters. The topological polar surface area (TPSA) is 57.6 Å². The maximum absolute atomic E-state index is 12.3. The molecule has 2 heterocycles. The monoisotopic (exact) mass is 271 g/mol. The summed E-state index contributed by atoms with van der Waals surface area (Å²) < 4.78 is 0. The predicted octanol–water partition coefficient (Wildman–Crippen LogP) is 1.70. The van der Waals surface area contributed by atoms with Crippen molar-refractivity contribution in [1.82, 2.24) is 4.90 Å². The quantitative estimate of drug-likeness (QED) is 0.849. The molecule has 2 saturated heterocycles. The Bertz CT molecular complexity index is 352. The van der Waals surface area contributed by atoms with E-state index in [0.717, 1.165) is 17.9 Å². The maximum Gasteiger partial charge on any atom is 0.311 e. The number of hydrogen-bond acceptors (Lipinski definition) is 3. The fraction of sp³-hybridized carbons (Fsp3) is 0.846. The van der Waals surface area contributed by atoms with Crippen LogP contribution in [0.25, 0.3) is 0 Å². The minimum absolute atomic E-state index is 0.0609. The molecule has 2 aliphatic heterocycles. The lowest BCUT2D eigenvalue weighted by Gasteiger charge is -2.29. The third-order valence-electron chi connectivity index (χ3n) is 4.42. The fourth-order valence-corrected chi connectivity index (χ4v) is 4.11. The molecule has 18 heavy (non-hydrogen) atoms. The van der Waals surface area contributed by atoms with Crippen LogP contribution in [0.3, 0.4) is 0 Å². The highest BCUT2D eigenvalue weighted by Gasteiger charge is 2.49. The van der Waals surface area contributed by atoms with Gasteiger partial charge in [0, 0.05) is 24.8 Å². The molecular formula is C13H21NO3S. The van der Waals surface area contributed by atoms with E-state index < -0.39 is 11.4 Å². The molecule has 0 aromatic heterocycles. The summed E-state index contributed by atoms with van der Waals surface area (Å²) >= 11 is 1.82. The minimum atomic E-state index is -0.756. The number of rotatable bonds is 3. The van der Waals surface area contributed by atoms with Crippen LogP contribution >= 0.6 is 11.8 Å². The zero-order chi connectivity index (χ0) is 13.3. The van der Waals surface area contributed by atoms with E-state index in [2.05, 4.69) is 0 Å². The second kappa shape index (κ2) is 5.11. The molecule has 5 heteroatoms. The summed E-state index contributed by atoms with van der Waals surface area (Å²) in [7, 11) is 0. The van der Waals surface area contributed by atoms with E-state index in [1.54, 1.807) is 4.90 Å². The fourth-order valence-electron chi connectivity index (χ4n) is 2.90. The third-order valence-corrected chi connectivity index (χ3v) is 5.58. The van der Waals surface area contributed by atoms with Crippen molar-refractivity contribution in [3.63, 3.8) is 0 Å². The standard InChI is InChI=1S/C13H21NO3S/c1-9(2)13(12(16)17)4-5-14(8-13)11(15)10-3-6-18-7-10/h9-10H,3-8H2,1-2H3,(H,16,17). The van der Waals surface area contributed by atoms with Gasteiger partial charge in [0.15, 0.2) is 0 Å². The van der Waals surface area contributed by atoms with Crippen molar-refractivity contribution in [2.24, 2.45) is 17.3 Å². The van der Waals surface area contributed by atoms with Gasteiger partial charge in [-0.3, -0.25) is 9.59 Å². The molecule has 0 radical (unpaired) electrons. The van der Waals surface area contributed by atoms with Gasteiger partial charge in [-0.05, 0) is 24.5 Å². The molecule has 2 unspecified atom stereocenters. The number of nitrogens with zero attached hydrogens (tertiary/aromatic N) is 1. The van der Waals surface area contributed by atoms with Crippen molar-refractivity contribution in [3.8, 4) is 0 Å². The van der Waals surface area contributed by atoms with Gasteiger partial charge in [0.05, 0.1) is 5.41 Å². The van der Waals surface area contributed by atoms with Crippen LogP contribution in [0, 0.1) is 17.3 Å². The number of carboxylic acid groups (broad SMARTS) is 1. The van der Waals surface area contributed by atoms with Crippen LogP contribution < -0.4 is 0 Å². The molecule has 0 spiro atoms. The molecule has 4 nitrogen and oxygen atoms in total. The lowest BCUT2D eigenvalue weighted by molar-refractivity contribution is -0.151. The van der Waals surface area contributed by atoms with E-state index in [-0.39, 0.29) is 17.7 Å². The number of carbonyl (C=O) groups excluding carboxylic acids is 1. The Morgan fingerprint density at radius 1 is 1.44 bits per heavy atom. The molecule has 2 fully saturated rings. The Hall–Kier alpha value is -0.710. The number of aliphatic carboxylic acids is 1. The third kappa shape index (κ3) is 2.25. The minimum Gasteiger partial charge on any atom is -0.481 e. The van der Waals surface area contributed by atoms with Crippen molar-refractivity contribution in [3.05, 3.63) is 0 Å². The zero-order valence-electron chi connectivity index (χ0n) is 11.0. The van der Waals surface area contributed by atoms with Crippen LogP contribution in [-0.4, -0.2) is 46.5 Å². The maximum atomic E-state index is 12.3. The molecule has 0 bridgehead atoms. The van der Waals surface area contributed by atoms with E-state index in [4.69, 9.17) is 0 Å². The zero-order valence-corrected chi connectivity index (χ0v) is 11.8. The van der Waals surface area contributed by atoms with Crippen molar-refractivity contribution < 1.29 is 14.7 Å². The van der Waals surface area contributed by atoms with Crippen molar-refractivity contribution in [1.29, 1.82) is 0 Å². The van der Waals surface area contributed by atoms with E-state index >= 15 is 0 Å². The number of carbonyl (C=O) groups is 2. The highest BCUT2D eigenvalue weighted by molar-refractivity contribution is 7.99. The summed E-state index contributed by atoms with van der Waals surface area (Å²) in [5, 5.41) is 9.46. The molecule has 0 aromatic carbocycles. The summed E-state index contributed by atoms with van der Waals surface area (Å²) in [5.74, 6) is 1.55. The summed E-state index contributed by atoms with van der Waals surface area (Å²) in [5.41, 5.74) is -0.735. The first-order valence-corrected chi connectivity index (χ1v) is 7.73. The van der Waals surface area contributed by atoms with Crippen LogP contribution in [0.15, 0.2) is 0 Å². The number of thioether (sulfide) groups is 1. The van der Waals surface area contributed by atoms with E-state index in [1.165, 1.54) is 0 Å². The lowest BCUT2D eigenvalue weighted by atomic mass is 9.76. The summed E-state index contributed by atoms with van der Waals surface area (Å²) in [4.78, 5) is 25.6. The highest BCUT2D eigenvalue weighted by Crippen LogP contribution is 2.39. The molecule has 0 aliphatic carbocycles. The van der Waals surface area contributed by atoms with Gasteiger partial charge < -0.3 is 10.0 Å². The Balaban J connectivity index is 2.06. The molecular weight excluding hydrogens is 250 g/mol. The van der Waals surface area contributed by atoms with Gasteiger partial charge in [0.1, 0.15) is 0 Å². The molecule has 102 valence electrons. The van der Waals surface area contributed by atoms with Crippen molar-refractivity contribution in [2.45, 2.75) is 26.7 Å². The Morgan fingerprint density at radius 2 is 2.17 bits per heavy atom. The average Bonchev–Trinajstić information content (AvgIpc) is 2.98. The van der Waals surface area contributed by atoms with Gasteiger partial charge >= 0.3 is 5.97 Å². The van der Waals surface area contributed by atoms with Crippen molar-refractivity contribution >= 4 is 23.6 Å². The summed E-state index contributed by atoms with van der Waals surface area (Å²) in [6, 6.07) is 0. The number of carboxylic acids is 1. The number of amides is 1. The van der Waals surface area contributed by atoms with Gasteiger partial charge in [0.2, 0.25) is 5.91 Å². The van der Waals surface area contributed by atoms with Crippen LogP contribution in [0.1, 0.15) is 26.7 Å². The lowest BCUT2D eigenvalue weighted by Crippen LogP contribution is -2.42. The van der Waals surface area contributed by atoms with Crippen LogP contribution in [0.2, 0.25) is 0 Å². The van der Waals surface area contributed by atoms with Crippen LogP contribution in [0.4, 0.5) is 0 Å². The highest BCUT2D eigenvalue weighted by atomic mass is 32.2. The average molecular weight is 271 g/mol. The second-order valence-corrected chi connectivity index (χ2v) is 6.84. The van der Waals surface area contributed by atoms with Crippen LogP contribution in [-0.2, 0) is 9.59 Å². The number of likely N-dealkylation sites (tertiary alicyclic amines) is 1. The van der Waals surface area contributed by atoms with E-state index in [0.29, 0.717) is 19.5 Å². The molecule has 2 rings (SSSR count). The largest absolute Gasteiger partial charge is 0.481 e. The first-order valence-electron chi connectivity index (χ1n) is 6.57. The first kappa shape index (κ1) is 13.7. The Morgan fingerprint density at radius 3 is 2.61 bits per heavy atom. The summed E-state index contributed by atoms with van der Waals surface area (Å²) in [6.45, 7) is 4.87. The number of hydrogen-bond donors (Lipinski definition) is 1. The Kier molecular flexibility index (Phi) is 3.90. The van der Waals surface area contributed by atoms with Gasteiger partial charge in [0.25, 0.3) is 0 Å². The molecule has 1 amide bonds. The first-order chi connectivity index (χ1) is 8.47. The molecule has 2 aliphatic rings. The molecule has 0 aromatic rings. The van der Waals surface area contributed by atoms with E-state index in [9.17, 15) is 14.7 Å². The predicted molar refractivity (Wildman–Crippen MR) is 71.5 cm³/mol. The molecule has 1 N–H and O–H groups in total. The smallest absolute Gasteiger partial charge is 0.311 e. The van der Waals surface area contributed by atoms with Gasteiger partial charge in [-0.15, -0.1) is 0 Å². The van der Waals surface area contributed by atoms with E-state index in [1.807, 2.05) is 25.6 Å². The Labute approximate surface area is 112 Å². The second-order valence-electron chi connectivity index (χ2n) is 5.69. The van der Waals surface area contributed by atoms with Gasteiger partial charge in [-0.25, -0.2) is 0 Å². The summed E-state index contributed by atoms with van der Waals surface area (Å²) in [6.07, 6.45) is 1.54. The van der Waals surface area contributed by atoms with Crippen LogP contribution in [0.5, 0.6) is 0 Å². The molecule has 0 saturated carbocycles. The van der Waals surface area contributed by atoms with Gasteiger partial charge in [-0.2, -0.15) is 11.8 Å². The van der Waals surface area contributed by atoms with Crippen molar-refractivity contribution in [2.75, 3.05) is 24.6 Å². The SMILES string of the molecule is CC(C)C1(C(=O)O)CCN(C(=O)C2CCSC2)C1.